The Morgan fingerprint density at radius 3 is 2.31 bits per heavy atom. The van der Waals surface area contributed by atoms with Crippen LogP contribution in [0.2, 0.25) is 0 Å². The van der Waals surface area contributed by atoms with Crippen LogP contribution in [-0.2, 0) is 18.1 Å². The van der Waals surface area contributed by atoms with Crippen LogP contribution >= 0.6 is 7.82 Å². The molecule has 0 saturated carbocycles. The number of rotatable bonds is 7. The first-order chi connectivity index (χ1) is 6.08. The average Bonchev–Trinajstić information content (AvgIpc) is 2.14. The molecule has 13 heavy (non-hydrogen) atoms. The highest BCUT2D eigenvalue weighted by Gasteiger charge is 2.26. The van der Waals surface area contributed by atoms with Crippen molar-refractivity contribution < 1.29 is 23.2 Å². The second-order valence-corrected chi connectivity index (χ2v) is 4.35. The summed E-state index contributed by atoms with van der Waals surface area (Å²) in [4.78, 5) is 0. The summed E-state index contributed by atoms with van der Waals surface area (Å²) < 4.78 is 25.0. The van der Waals surface area contributed by atoms with Gasteiger partial charge in [0.15, 0.2) is 6.29 Å². The number of hydrogen-bond donors (Lipinski definition) is 1. The van der Waals surface area contributed by atoms with Gasteiger partial charge in [0.25, 0.3) is 0 Å². The molecule has 0 aromatic heterocycles. The molecule has 0 aliphatic rings. The van der Waals surface area contributed by atoms with Gasteiger partial charge in [-0.1, -0.05) is 13.3 Å². The van der Waals surface area contributed by atoms with E-state index in [9.17, 15) is 9.67 Å². The topological polar surface area (TPSA) is 65.0 Å². The van der Waals surface area contributed by atoms with E-state index < -0.39 is 14.1 Å². The maximum absolute atomic E-state index is 11.3. The molecule has 0 aromatic rings. The predicted octanol–water partition coefficient (Wildman–Crippen LogP) is 1.91. The summed E-state index contributed by atoms with van der Waals surface area (Å²) in [6.07, 6.45) is 1.07. The smallest absolute Gasteiger partial charge is 0.367 e. The monoisotopic (exact) mass is 212 g/mol. The molecule has 0 spiro atoms. The zero-order valence-corrected chi connectivity index (χ0v) is 9.12. The van der Waals surface area contributed by atoms with E-state index in [1.807, 2.05) is 6.92 Å². The Balaban J connectivity index is 3.87. The van der Waals surface area contributed by atoms with Gasteiger partial charge >= 0.3 is 7.82 Å². The minimum atomic E-state index is -3.53. The number of hydrogen-bond acceptors (Lipinski definition) is 5. The molecule has 6 heteroatoms. The molecule has 0 aromatic carbocycles. The molecule has 0 radical (unpaired) electrons. The highest BCUT2D eigenvalue weighted by Crippen LogP contribution is 2.48. The molecule has 5 nitrogen and oxygen atoms in total. The van der Waals surface area contributed by atoms with E-state index in [1.165, 1.54) is 14.2 Å². The van der Waals surface area contributed by atoms with Gasteiger partial charge in [0.05, 0.1) is 0 Å². The van der Waals surface area contributed by atoms with Gasteiger partial charge in [0.2, 0.25) is 0 Å². The number of phosphoric ester groups is 1. The third kappa shape index (κ3) is 5.39. The molecule has 1 unspecified atom stereocenters. The van der Waals surface area contributed by atoms with Crippen LogP contribution in [0.4, 0.5) is 0 Å². The minimum Gasteiger partial charge on any atom is -0.367 e. The van der Waals surface area contributed by atoms with Gasteiger partial charge in [-0.05, 0) is 12.8 Å². The third-order valence-corrected chi connectivity index (χ3v) is 2.90. The van der Waals surface area contributed by atoms with Crippen molar-refractivity contribution in [2.45, 2.75) is 32.5 Å². The van der Waals surface area contributed by atoms with Crippen LogP contribution in [0.5, 0.6) is 0 Å². The lowest BCUT2D eigenvalue weighted by Gasteiger charge is -2.17. The fourth-order valence-corrected chi connectivity index (χ4v) is 1.47. The van der Waals surface area contributed by atoms with Gasteiger partial charge < -0.3 is 5.11 Å². The van der Waals surface area contributed by atoms with E-state index in [2.05, 4.69) is 9.05 Å². The van der Waals surface area contributed by atoms with Crippen LogP contribution in [0.1, 0.15) is 26.2 Å². The molecule has 0 saturated heterocycles. The van der Waals surface area contributed by atoms with Crippen LogP contribution in [0.3, 0.4) is 0 Å². The van der Waals surface area contributed by atoms with Crippen LogP contribution in [0.25, 0.3) is 0 Å². The van der Waals surface area contributed by atoms with Crippen LogP contribution < -0.4 is 0 Å². The lowest BCUT2D eigenvalue weighted by atomic mass is 10.2. The molecule has 0 bridgehead atoms. The largest absolute Gasteiger partial charge is 0.476 e. The normalized spacial score (nSPS) is 14.5. The van der Waals surface area contributed by atoms with Crippen LogP contribution in [0, 0.1) is 0 Å². The van der Waals surface area contributed by atoms with Crippen LogP contribution in [-0.4, -0.2) is 25.6 Å². The molecule has 0 fully saturated rings. The van der Waals surface area contributed by atoms with Crippen molar-refractivity contribution in [1.29, 1.82) is 0 Å². The Morgan fingerprint density at radius 1 is 1.38 bits per heavy atom. The van der Waals surface area contributed by atoms with Crippen molar-refractivity contribution in [3.8, 4) is 0 Å². The van der Waals surface area contributed by atoms with E-state index in [0.717, 1.165) is 12.8 Å². The lowest BCUT2D eigenvalue weighted by Crippen LogP contribution is -2.11. The molecule has 80 valence electrons. The van der Waals surface area contributed by atoms with Gasteiger partial charge in [-0.2, -0.15) is 0 Å². The summed E-state index contributed by atoms with van der Waals surface area (Å²) in [5.41, 5.74) is 0. The van der Waals surface area contributed by atoms with Crippen molar-refractivity contribution in [1.82, 2.24) is 0 Å². The molecule has 0 heterocycles. The Hall–Kier alpha value is 0.0700. The molecule has 0 aliphatic carbocycles. The minimum absolute atomic E-state index is 0.424. The average molecular weight is 212 g/mol. The number of aliphatic hydroxyl groups is 1. The molecule has 0 aliphatic heterocycles. The summed E-state index contributed by atoms with van der Waals surface area (Å²) in [6, 6.07) is 0. The summed E-state index contributed by atoms with van der Waals surface area (Å²) in [7, 11) is -1.12. The van der Waals surface area contributed by atoms with Crippen molar-refractivity contribution in [2.75, 3.05) is 14.2 Å². The standard InChI is InChI=1S/C7H17O5P/c1-4-5-6-7(8)12-13(9,10-2)11-3/h7-8H,4-6H2,1-3H3. The second kappa shape index (κ2) is 6.51. The third-order valence-electron chi connectivity index (χ3n) is 1.50. The molecular formula is C7H17O5P. The Bertz CT molecular complexity index is 164. The fraction of sp³-hybridized carbons (Fsp3) is 1.00. The first kappa shape index (κ1) is 13.1. The van der Waals surface area contributed by atoms with Crippen LogP contribution in [0.15, 0.2) is 0 Å². The molecule has 0 rings (SSSR count). The van der Waals surface area contributed by atoms with Gasteiger partial charge in [-0.15, -0.1) is 0 Å². The zero-order chi connectivity index (χ0) is 10.3. The molecule has 1 atom stereocenters. The van der Waals surface area contributed by atoms with Gasteiger partial charge in [0, 0.05) is 14.2 Å². The number of aliphatic hydroxyl groups excluding tert-OH is 1. The second-order valence-electron chi connectivity index (χ2n) is 2.51. The quantitative estimate of drug-likeness (QED) is 0.515. The molecular weight excluding hydrogens is 195 g/mol. The molecule has 0 amide bonds. The number of unbranched alkanes of at least 4 members (excludes halogenated alkanes) is 1. The Morgan fingerprint density at radius 2 is 1.92 bits per heavy atom. The van der Waals surface area contributed by atoms with E-state index in [4.69, 9.17) is 4.52 Å². The maximum atomic E-state index is 11.3. The summed E-state index contributed by atoms with van der Waals surface area (Å²) in [6.45, 7) is 1.99. The first-order valence-corrected chi connectivity index (χ1v) is 5.62. The van der Waals surface area contributed by atoms with Crippen molar-refractivity contribution in [3.63, 3.8) is 0 Å². The SMILES string of the molecule is CCCCC(O)OP(=O)(OC)OC. The highest BCUT2D eigenvalue weighted by molar-refractivity contribution is 7.48. The first-order valence-electron chi connectivity index (χ1n) is 4.16. The van der Waals surface area contributed by atoms with E-state index in [0.29, 0.717) is 6.42 Å². The number of phosphoric acid groups is 1. The molecule has 1 N–H and O–H groups in total. The summed E-state index contributed by atoms with van der Waals surface area (Å²) in [5.74, 6) is 0. The van der Waals surface area contributed by atoms with E-state index in [-0.39, 0.29) is 0 Å². The highest BCUT2D eigenvalue weighted by atomic mass is 31.2. The predicted molar refractivity (Wildman–Crippen MR) is 48.2 cm³/mol. The van der Waals surface area contributed by atoms with E-state index in [1.54, 1.807) is 0 Å². The van der Waals surface area contributed by atoms with Gasteiger partial charge in [-0.3, -0.25) is 13.6 Å². The fourth-order valence-electron chi connectivity index (χ4n) is 0.741. The summed E-state index contributed by atoms with van der Waals surface area (Å²) >= 11 is 0. The summed E-state index contributed by atoms with van der Waals surface area (Å²) in [5, 5.41) is 9.22. The zero-order valence-electron chi connectivity index (χ0n) is 8.23. The van der Waals surface area contributed by atoms with Gasteiger partial charge in [0.1, 0.15) is 0 Å². The van der Waals surface area contributed by atoms with Gasteiger partial charge in [-0.25, -0.2) is 4.57 Å². The Kier molecular flexibility index (Phi) is 6.55. The van der Waals surface area contributed by atoms with Crippen molar-refractivity contribution in [3.05, 3.63) is 0 Å². The Labute approximate surface area is 78.6 Å². The van der Waals surface area contributed by atoms with E-state index >= 15 is 0 Å². The maximum Gasteiger partial charge on any atom is 0.476 e. The lowest BCUT2D eigenvalue weighted by molar-refractivity contribution is -0.0483. The van der Waals surface area contributed by atoms with Crippen molar-refractivity contribution >= 4 is 7.82 Å². The van der Waals surface area contributed by atoms with Crippen molar-refractivity contribution in [2.24, 2.45) is 0 Å².